The van der Waals surface area contributed by atoms with Gasteiger partial charge in [0.15, 0.2) is 0 Å². The van der Waals surface area contributed by atoms with Crippen molar-refractivity contribution in [1.29, 1.82) is 0 Å². The Bertz CT molecular complexity index is 1020. The fraction of sp³-hybridized carbons (Fsp3) is 0.500. The number of allylic oxidation sites excluding steroid dienone is 3. The van der Waals surface area contributed by atoms with Crippen LogP contribution >= 0.6 is 0 Å². The molecular weight excluding hydrogens is 410 g/mol. The quantitative estimate of drug-likeness (QED) is 0.496. The van der Waals surface area contributed by atoms with E-state index >= 15 is 0 Å². The highest BCUT2D eigenvalue weighted by Gasteiger charge is 2.53. The summed E-state index contributed by atoms with van der Waals surface area (Å²) in [4.78, 5) is 21.0. The molecule has 5 nitrogen and oxygen atoms in total. The van der Waals surface area contributed by atoms with Crippen LogP contribution in [0.1, 0.15) is 74.1 Å². The Morgan fingerprint density at radius 3 is 2.64 bits per heavy atom. The van der Waals surface area contributed by atoms with Crippen LogP contribution in [0.5, 0.6) is 0 Å². The molecular formula is C28H37N3O2. The fourth-order valence-corrected chi connectivity index (χ4v) is 5.59. The summed E-state index contributed by atoms with van der Waals surface area (Å²) < 4.78 is 0. The zero-order chi connectivity index (χ0) is 23.6. The summed E-state index contributed by atoms with van der Waals surface area (Å²) in [7, 11) is 0. The summed E-state index contributed by atoms with van der Waals surface area (Å²) in [6.45, 7) is 9.88. The average Bonchev–Trinajstić information content (AvgIpc) is 3.51. The Balaban J connectivity index is 1.46. The van der Waals surface area contributed by atoms with E-state index in [-0.39, 0.29) is 23.3 Å². The topological polar surface area (TPSA) is 78.0 Å². The lowest BCUT2D eigenvalue weighted by atomic mass is 9.83. The summed E-state index contributed by atoms with van der Waals surface area (Å²) in [6.07, 6.45) is 13.2. The van der Waals surface area contributed by atoms with Crippen LogP contribution in [-0.2, 0) is 4.79 Å². The summed E-state index contributed by atoms with van der Waals surface area (Å²) in [5.41, 5.74) is 5.53. The number of carbonyl (C=O) groups is 1. The first kappa shape index (κ1) is 23.5. The predicted molar refractivity (Wildman–Crippen MR) is 132 cm³/mol. The third-order valence-electron chi connectivity index (χ3n) is 7.83. The minimum absolute atomic E-state index is 0.000398. The van der Waals surface area contributed by atoms with E-state index in [9.17, 15) is 9.90 Å². The maximum absolute atomic E-state index is 13.4. The van der Waals surface area contributed by atoms with E-state index in [1.165, 1.54) is 16.8 Å². The van der Waals surface area contributed by atoms with Gasteiger partial charge in [-0.3, -0.25) is 9.78 Å². The minimum Gasteiger partial charge on any atom is -0.385 e. The minimum atomic E-state index is -0.818. The van der Waals surface area contributed by atoms with Crippen molar-refractivity contribution in [3.63, 3.8) is 0 Å². The molecule has 1 spiro atoms. The lowest BCUT2D eigenvalue weighted by molar-refractivity contribution is -0.129. The van der Waals surface area contributed by atoms with Crippen LogP contribution in [0.25, 0.3) is 5.57 Å². The molecule has 2 aromatic heterocycles. The van der Waals surface area contributed by atoms with Crippen molar-refractivity contribution in [3.05, 3.63) is 71.8 Å². The number of aliphatic hydroxyl groups excluding tert-OH is 1. The zero-order valence-electron chi connectivity index (χ0n) is 20.1. The van der Waals surface area contributed by atoms with E-state index in [0.29, 0.717) is 11.6 Å². The Morgan fingerprint density at radius 2 is 2.03 bits per heavy atom. The lowest BCUT2D eigenvalue weighted by Gasteiger charge is -2.27. The van der Waals surface area contributed by atoms with Crippen molar-refractivity contribution in [2.24, 2.45) is 17.3 Å². The van der Waals surface area contributed by atoms with Gasteiger partial charge in [0.25, 0.3) is 0 Å². The number of aryl methyl sites for hydroxylation is 2. The molecule has 1 unspecified atom stereocenters. The van der Waals surface area contributed by atoms with Gasteiger partial charge in [0.2, 0.25) is 5.91 Å². The lowest BCUT2D eigenvalue weighted by Crippen LogP contribution is -2.43. The van der Waals surface area contributed by atoms with Gasteiger partial charge in [-0.1, -0.05) is 24.8 Å². The number of hydrogen-bond donors (Lipinski definition) is 3. The highest BCUT2D eigenvalue weighted by atomic mass is 16.3. The maximum atomic E-state index is 13.4. The molecule has 4 atom stereocenters. The number of nitrogens with one attached hydrogen (secondary N) is 2. The molecule has 2 fully saturated rings. The monoisotopic (exact) mass is 447 g/mol. The van der Waals surface area contributed by atoms with Gasteiger partial charge in [0, 0.05) is 24.0 Å². The molecule has 2 aliphatic carbocycles. The first-order valence-corrected chi connectivity index (χ1v) is 12.2. The molecule has 5 heteroatoms. The SMILES string of the molecule is C=C/C=C(\c1cc[nH]c1C)C1CC[C@H](C(=O)N[C@@H](C)[C@@H](O)c2ccc(C)cn2)C2(CC1)CC2. The summed E-state index contributed by atoms with van der Waals surface area (Å²) >= 11 is 0. The fourth-order valence-electron chi connectivity index (χ4n) is 5.59. The number of aliphatic hydroxyl groups is 1. The normalized spacial score (nSPS) is 24.1. The molecule has 2 aromatic rings. The number of pyridine rings is 1. The first-order chi connectivity index (χ1) is 15.8. The smallest absolute Gasteiger partial charge is 0.223 e. The summed E-state index contributed by atoms with van der Waals surface area (Å²) in [5, 5.41) is 13.9. The first-order valence-electron chi connectivity index (χ1n) is 12.2. The molecule has 176 valence electrons. The molecule has 2 saturated carbocycles. The number of rotatable bonds is 7. The molecule has 33 heavy (non-hydrogen) atoms. The highest BCUT2D eigenvalue weighted by Crippen LogP contribution is 2.60. The number of aromatic nitrogens is 2. The van der Waals surface area contributed by atoms with E-state index in [2.05, 4.69) is 40.9 Å². The average molecular weight is 448 g/mol. The van der Waals surface area contributed by atoms with Crippen LogP contribution in [-0.4, -0.2) is 27.0 Å². The maximum Gasteiger partial charge on any atom is 0.223 e. The molecule has 0 aliphatic heterocycles. The van der Waals surface area contributed by atoms with Crippen LogP contribution in [0, 0.1) is 31.1 Å². The second-order valence-corrected chi connectivity index (χ2v) is 10.1. The van der Waals surface area contributed by atoms with Crippen LogP contribution in [0.2, 0.25) is 0 Å². The van der Waals surface area contributed by atoms with E-state index in [1.807, 2.05) is 38.3 Å². The molecule has 2 heterocycles. The van der Waals surface area contributed by atoms with E-state index in [1.54, 1.807) is 6.20 Å². The molecule has 0 radical (unpaired) electrons. The molecule has 4 rings (SSSR count). The Morgan fingerprint density at radius 1 is 1.24 bits per heavy atom. The van der Waals surface area contributed by atoms with Crippen LogP contribution < -0.4 is 5.32 Å². The van der Waals surface area contributed by atoms with Crippen LogP contribution in [0.15, 0.2) is 49.3 Å². The van der Waals surface area contributed by atoms with E-state index in [4.69, 9.17) is 0 Å². The van der Waals surface area contributed by atoms with Crippen molar-refractivity contribution in [1.82, 2.24) is 15.3 Å². The van der Waals surface area contributed by atoms with Crippen molar-refractivity contribution in [2.45, 2.75) is 71.4 Å². The van der Waals surface area contributed by atoms with Crippen LogP contribution in [0.4, 0.5) is 0 Å². The zero-order valence-corrected chi connectivity index (χ0v) is 20.1. The number of aromatic amines is 1. The van der Waals surface area contributed by atoms with Crippen LogP contribution in [0.3, 0.4) is 0 Å². The van der Waals surface area contributed by atoms with Crippen molar-refractivity contribution in [2.75, 3.05) is 0 Å². The number of amides is 1. The highest BCUT2D eigenvalue weighted by molar-refractivity contribution is 5.80. The van der Waals surface area contributed by atoms with Gasteiger partial charge in [-0.15, -0.1) is 0 Å². The molecule has 1 amide bonds. The van der Waals surface area contributed by atoms with E-state index in [0.717, 1.165) is 44.1 Å². The summed E-state index contributed by atoms with van der Waals surface area (Å²) in [5.74, 6) is 0.506. The van der Waals surface area contributed by atoms with Gasteiger partial charge in [-0.25, -0.2) is 0 Å². The Kier molecular flexibility index (Phi) is 6.89. The van der Waals surface area contributed by atoms with Crippen molar-refractivity contribution in [3.8, 4) is 0 Å². The van der Waals surface area contributed by atoms with Crippen molar-refractivity contribution < 1.29 is 9.90 Å². The summed E-state index contributed by atoms with van der Waals surface area (Å²) in [6, 6.07) is 5.53. The standard InChI is InChI=1S/C28H37N3O2/c1-5-6-23(22-12-16-29-19(22)3)21-8-9-24(28(13-11-21)14-15-28)27(33)31-20(4)26(32)25-10-7-18(2)17-30-25/h5-7,10,12,16-17,20-21,24,26,29,32H,1,8-9,11,13-15H2,2-4H3,(H,31,33)/b23-6-/t20-,21?,24+,26+/m0/s1. The molecule has 2 aliphatic rings. The third-order valence-corrected chi connectivity index (χ3v) is 7.83. The van der Waals surface area contributed by atoms with Gasteiger partial charge < -0.3 is 15.4 Å². The predicted octanol–water partition coefficient (Wildman–Crippen LogP) is 5.42. The van der Waals surface area contributed by atoms with Crippen molar-refractivity contribution >= 4 is 11.5 Å². The number of H-pyrrole nitrogens is 1. The number of carbonyl (C=O) groups excluding carboxylic acids is 1. The van der Waals surface area contributed by atoms with Gasteiger partial charge in [0.1, 0.15) is 6.10 Å². The van der Waals surface area contributed by atoms with E-state index < -0.39 is 6.10 Å². The Hall–Kier alpha value is -2.66. The van der Waals surface area contributed by atoms with Gasteiger partial charge in [-0.05, 0) is 99.5 Å². The largest absolute Gasteiger partial charge is 0.385 e. The van der Waals surface area contributed by atoms with Gasteiger partial charge in [-0.2, -0.15) is 0 Å². The second-order valence-electron chi connectivity index (χ2n) is 10.1. The number of nitrogens with zero attached hydrogens (tertiary/aromatic N) is 1. The number of hydrogen-bond acceptors (Lipinski definition) is 3. The van der Waals surface area contributed by atoms with Gasteiger partial charge in [0.05, 0.1) is 11.7 Å². The molecule has 0 bridgehead atoms. The third kappa shape index (κ3) is 4.98. The van der Waals surface area contributed by atoms with Gasteiger partial charge >= 0.3 is 0 Å². The molecule has 3 N–H and O–H groups in total. The second kappa shape index (κ2) is 9.68. The Labute approximate surface area is 197 Å². The molecule has 0 saturated heterocycles. The molecule has 0 aromatic carbocycles.